The number of benzene rings is 1. The first-order valence-electron chi connectivity index (χ1n) is 9.35. The van der Waals surface area contributed by atoms with Crippen molar-refractivity contribution in [1.29, 1.82) is 0 Å². The van der Waals surface area contributed by atoms with Gasteiger partial charge < -0.3 is 9.47 Å². The molecule has 0 saturated heterocycles. The van der Waals surface area contributed by atoms with E-state index in [1.807, 2.05) is 25.1 Å². The maximum atomic E-state index is 12.6. The molecule has 1 fully saturated rings. The van der Waals surface area contributed by atoms with Crippen LogP contribution in [-0.2, 0) is 17.9 Å². The Kier molecular flexibility index (Phi) is 6.19. The van der Waals surface area contributed by atoms with Crippen LogP contribution in [0.1, 0.15) is 56.7 Å². The molecule has 0 spiro atoms. The van der Waals surface area contributed by atoms with Crippen LogP contribution in [0.15, 0.2) is 42.6 Å². The third-order valence-electron chi connectivity index (χ3n) is 5.14. The van der Waals surface area contributed by atoms with Gasteiger partial charge in [0.15, 0.2) is 0 Å². The number of hydrogen-bond acceptors (Lipinski definition) is 1. The van der Waals surface area contributed by atoms with Crippen LogP contribution in [0.2, 0.25) is 5.02 Å². The first-order chi connectivity index (χ1) is 12.2. The van der Waals surface area contributed by atoms with Gasteiger partial charge in [-0.15, -0.1) is 0 Å². The second kappa shape index (κ2) is 8.57. The Morgan fingerprint density at radius 2 is 2.00 bits per heavy atom. The van der Waals surface area contributed by atoms with Crippen molar-refractivity contribution in [2.75, 3.05) is 0 Å². The fourth-order valence-corrected chi connectivity index (χ4v) is 3.98. The SMILES string of the molecule is CCC(=O)N(Cc1cccn1Cc1cccc(Cl)c1)C1CCCCC1. The van der Waals surface area contributed by atoms with E-state index in [2.05, 4.69) is 33.9 Å². The number of rotatable bonds is 6. The molecule has 1 aromatic heterocycles. The third-order valence-corrected chi connectivity index (χ3v) is 5.37. The van der Waals surface area contributed by atoms with Gasteiger partial charge >= 0.3 is 0 Å². The molecule has 0 atom stereocenters. The van der Waals surface area contributed by atoms with Gasteiger partial charge in [0.25, 0.3) is 0 Å². The average molecular weight is 359 g/mol. The Morgan fingerprint density at radius 3 is 2.72 bits per heavy atom. The van der Waals surface area contributed by atoms with Gasteiger partial charge in [-0.3, -0.25) is 4.79 Å². The summed E-state index contributed by atoms with van der Waals surface area (Å²) in [6.45, 7) is 3.44. The monoisotopic (exact) mass is 358 g/mol. The van der Waals surface area contributed by atoms with Gasteiger partial charge in [-0.25, -0.2) is 0 Å². The van der Waals surface area contributed by atoms with Crippen LogP contribution in [0.4, 0.5) is 0 Å². The summed E-state index contributed by atoms with van der Waals surface area (Å²) in [6, 6.07) is 12.6. The first-order valence-corrected chi connectivity index (χ1v) is 9.73. The number of hydrogen-bond donors (Lipinski definition) is 0. The lowest BCUT2D eigenvalue weighted by atomic mass is 9.94. The number of aromatic nitrogens is 1. The van der Waals surface area contributed by atoms with Crippen LogP contribution in [0.3, 0.4) is 0 Å². The molecule has 0 aliphatic heterocycles. The van der Waals surface area contributed by atoms with Gasteiger partial charge in [-0.05, 0) is 42.7 Å². The summed E-state index contributed by atoms with van der Waals surface area (Å²) in [7, 11) is 0. The van der Waals surface area contributed by atoms with Gasteiger partial charge in [0.1, 0.15) is 0 Å². The molecular weight excluding hydrogens is 332 g/mol. The molecule has 1 amide bonds. The lowest BCUT2D eigenvalue weighted by Gasteiger charge is -2.34. The zero-order valence-corrected chi connectivity index (χ0v) is 15.7. The molecule has 0 radical (unpaired) electrons. The summed E-state index contributed by atoms with van der Waals surface area (Å²) in [5.41, 5.74) is 2.36. The maximum Gasteiger partial charge on any atom is 0.222 e. The molecule has 1 saturated carbocycles. The molecule has 1 heterocycles. The van der Waals surface area contributed by atoms with Gasteiger partial charge in [-0.2, -0.15) is 0 Å². The molecule has 0 bridgehead atoms. The van der Waals surface area contributed by atoms with Gasteiger partial charge in [-0.1, -0.05) is 49.9 Å². The normalized spacial score (nSPS) is 15.3. The van der Waals surface area contributed by atoms with Crippen molar-refractivity contribution >= 4 is 17.5 Å². The van der Waals surface area contributed by atoms with Crippen molar-refractivity contribution in [2.45, 2.75) is 64.6 Å². The molecule has 3 nitrogen and oxygen atoms in total. The van der Waals surface area contributed by atoms with E-state index < -0.39 is 0 Å². The Morgan fingerprint density at radius 1 is 1.20 bits per heavy atom. The van der Waals surface area contributed by atoms with Crippen molar-refractivity contribution in [3.63, 3.8) is 0 Å². The average Bonchev–Trinajstić information content (AvgIpc) is 3.06. The highest BCUT2D eigenvalue weighted by Gasteiger charge is 2.25. The standard InChI is InChI=1S/C21H27ClN2O/c1-2-21(25)24(19-10-4-3-5-11-19)16-20-12-7-13-23(20)15-17-8-6-9-18(22)14-17/h6-9,12-14,19H,2-5,10-11,15-16H2,1H3. The summed E-state index contributed by atoms with van der Waals surface area (Å²) < 4.78 is 2.23. The maximum absolute atomic E-state index is 12.6. The third kappa shape index (κ3) is 4.66. The minimum Gasteiger partial charge on any atom is -0.345 e. The Labute approximate surface area is 155 Å². The highest BCUT2D eigenvalue weighted by molar-refractivity contribution is 6.30. The number of carbonyl (C=O) groups is 1. The van der Waals surface area contributed by atoms with Crippen LogP contribution in [0, 0.1) is 0 Å². The van der Waals surface area contributed by atoms with Gasteiger partial charge in [0.2, 0.25) is 5.91 Å². The van der Waals surface area contributed by atoms with Crippen LogP contribution in [0.25, 0.3) is 0 Å². The fraction of sp³-hybridized carbons (Fsp3) is 0.476. The molecule has 3 rings (SSSR count). The van der Waals surface area contributed by atoms with E-state index >= 15 is 0 Å². The van der Waals surface area contributed by atoms with Crippen LogP contribution in [-0.4, -0.2) is 21.4 Å². The van der Waals surface area contributed by atoms with Crippen LogP contribution >= 0.6 is 11.6 Å². The lowest BCUT2D eigenvalue weighted by molar-refractivity contribution is -0.134. The summed E-state index contributed by atoms with van der Waals surface area (Å²) in [5.74, 6) is 0.266. The van der Waals surface area contributed by atoms with E-state index in [0.717, 1.165) is 24.4 Å². The van der Waals surface area contributed by atoms with Crippen LogP contribution in [0.5, 0.6) is 0 Å². The Bertz CT molecular complexity index is 703. The van der Waals surface area contributed by atoms with Crippen molar-refractivity contribution < 1.29 is 4.79 Å². The summed E-state index contributed by atoms with van der Waals surface area (Å²) >= 11 is 6.11. The minimum absolute atomic E-state index is 0.266. The van der Waals surface area contributed by atoms with E-state index in [4.69, 9.17) is 11.6 Å². The molecule has 2 aromatic rings. The summed E-state index contributed by atoms with van der Waals surface area (Å²) in [6.07, 6.45) is 8.72. The molecule has 4 heteroatoms. The summed E-state index contributed by atoms with van der Waals surface area (Å²) in [5, 5.41) is 0.760. The number of carbonyl (C=O) groups excluding carboxylic acids is 1. The van der Waals surface area contributed by atoms with E-state index in [1.54, 1.807) is 0 Å². The quantitative estimate of drug-likeness (QED) is 0.691. The zero-order valence-electron chi connectivity index (χ0n) is 15.0. The molecule has 1 aliphatic rings. The molecule has 0 unspecified atom stereocenters. The zero-order chi connectivity index (χ0) is 17.6. The number of amides is 1. The topological polar surface area (TPSA) is 25.2 Å². The lowest BCUT2D eigenvalue weighted by Crippen LogP contribution is -2.41. The van der Waals surface area contributed by atoms with Crippen molar-refractivity contribution in [1.82, 2.24) is 9.47 Å². The predicted octanol–water partition coefficient (Wildman–Crippen LogP) is 5.26. The minimum atomic E-state index is 0.266. The summed E-state index contributed by atoms with van der Waals surface area (Å²) in [4.78, 5) is 14.7. The Hall–Kier alpha value is -1.74. The molecule has 134 valence electrons. The molecule has 1 aliphatic carbocycles. The smallest absolute Gasteiger partial charge is 0.222 e. The molecule has 25 heavy (non-hydrogen) atoms. The van der Waals surface area contributed by atoms with E-state index in [9.17, 15) is 4.79 Å². The Balaban J connectivity index is 1.76. The predicted molar refractivity (Wildman–Crippen MR) is 103 cm³/mol. The van der Waals surface area contributed by atoms with E-state index in [1.165, 1.54) is 30.5 Å². The molecule has 0 N–H and O–H groups in total. The fourth-order valence-electron chi connectivity index (χ4n) is 3.77. The van der Waals surface area contributed by atoms with Crippen molar-refractivity contribution in [2.24, 2.45) is 0 Å². The largest absolute Gasteiger partial charge is 0.345 e. The van der Waals surface area contributed by atoms with Crippen molar-refractivity contribution in [3.05, 3.63) is 58.9 Å². The number of halogens is 1. The first kappa shape index (κ1) is 18.1. The highest BCUT2D eigenvalue weighted by Crippen LogP contribution is 2.25. The van der Waals surface area contributed by atoms with Crippen LogP contribution < -0.4 is 0 Å². The molecule has 1 aromatic carbocycles. The van der Waals surface area contributed by atoms with Crippen molar-refractivity contribution in [3.8, 4) is 0 Å². The van der Waals surface area contributed by atoms with E-state index in [-0.39, 0.29) is 5.91 Å². The second-order valence-corrected chi connectivity index (χ2v) is 7.36. The molecular formula is C21H27ClN2O. The van der Waals surface area contributed by atoms with Gasteiger partial charge in [0, 0.05) is 35.9 Å². The van der Waals surface area contributed by atoms with Gasteiger partial charge in [0.05, 0.1) is 6.54 Å². The second-order valence-electron chi connectivity index (χ2n) is 6.92. The highest BCUT2D eigenvalue weighted by atomic mass is 35.5. The number of nitrogens with zero attached hydrogens (tertiary/aromatic N) is 2. The van der Waals surface area contributed by atoms with E-state index in [0.29, 0.717) is 19.0 Å².